The summed E-state index contributed by atoms with van der Waals surface area (Å²) in [5, 5.41) is 20.2. The Hall–Kier alpha value is -2.94. The summed E-state index contributed by atoms with van der Waals surface area (Å²) in [6, 6.07) is 5.34. The third-order valence-corrected chi connectivity index (χ3v) is 3.95. The number of nitrogens with zero attached hydrogens (tertiary/aromatic N) is 1. The smallest absolute Gasteiger partial charge is 0.405 e. The van der Waals surface area contributed by atoms with Crippen molar-refractivity contribution in [2.45, 2.75) is 18.8 Å². The highest BCUT2D eigenvalue weighted by Crippen LogP contribution is 2.19. The van der Waals surface area contributed by atoms with E-state index in [1.165, 1.54) is 23.1 Å². The number of alkyl halides is 1. The van der Waals surface area contributed by atoms with Crippen LogP contribution in [0.3, 0.4) is 0 Å². The molecule has 1 aromatic carbocycles. The number of hydrogen-bond acceptors (Lipinski definition) is 5. The zero-order chi connectivity index (χ0) is 18.1. The molecule has 1 saturated heterocycles. The lowest BCUT2D eigenvalue weighted by atomic mass is 10.1. The average molecular weight is 350 g/mol. The maximum Gasteiger partial charge on any atom is 0.405 e. The molecule has 0 spiro atoms. The van der Waals surface area contributed by atoms with Crippen molar-refractivity contribution in [1.29, 1.82) is 0 Å². The van der Waals surface area contributed by atoms with Crippen LogP contribution >= 0.6 is 0 Å². The van der Waals surface area contributed by atoms with Crippen LogP contribution in [0.25, 0.3) is 11.0 Å². The van der Waals surface area contributed by atoms with Gasteiger partial charge in [-0.3, -0.25) is 9.59 Å². The molecule has 0 radical (unpaired) electrons. The molecule has 132 valence electrons. The second-order valence-corrected chi connectivity index (χ2v) is 5.74. The Morgan fingerprint density at radius 1 is 1.32 bits per heavy atom. The predicted octanol–water partition coefficient (Wildman–Crippen LogP) is 0.715. The molecule has 2 heterocycles. The van der Waals surface area contributed by atoms with Gasteiger partial charge >= 0.3 is 6.09 Å². The number of β-amino-alcohol motifs (C(OH)–C–C–N with tert-alkyl or cyclic N) is 1. The number of fused-ring (bicyclic) bond motifs is 1. The number of carbonyl (C=O) groups excluding carboxylic acids is 1. The zero-order valence-corrected chi connectivity index (χ0v) is 12.9. The van der Waals surface area contributed by atoms with Crippen molar-refractivity contribution in [2.24, 2.45) is 0 Å². The first kappa shape index (κ1) is 16.9. The van der Waals surface area contributed by atoms with Gasteiger partial charge in [-0.15, -0.1) is 0 Å². The summed E-state index contributed by atoms with van der Waals surface area (Å²) in [6.07, 6.45) is -3.94. The highest BCUT2D eigenvalue weighted by Gasteiger charge is 2.34. The van der Waals surface area contributed by atoms with Crippen molar-refractivity contribution in [3.63, 3.8) is 0 Å². The van der Waals surface area contributed by atoms with Gasteiger partial charge in [0.15, 0.2) is 5.43 Å². The fourth-order valence-electron chi connectivity index (χ4n) is 2.68. The highest BCUT2D eigenvalue weighted by atomic mass is 19.1. The van der Waals surface area contributed by atoms with Gasteiger partial charge in [0.2, 0.25) is 0 Å². The van der Waals surface area contributed by atoms with E-state index in [0.717, 1.165) is 6.07 Å². The number of likely N-dealkylation sites (tertiary alicyclic amines) is 1. The first-order valence-corrected chi connectivity index (χ1v) is 7.50. The minimum Gasteiger partial charge on any atom is -0.465 e. The average Bonchev–Trinajstić information content (AvgIpc) is 2.91. The minimum atomic E-state index is -1.49. The molecular weight excluding hydrogens is 335 g/mol. The van der Waals surface area contributed by atoms with Crippen LogP contribution in [0.2, 0.25) is 0 Å². The zero-order valence-electron chi connectivity index (χ0n) is 12.9. The summed E-state index contributed by atoms with van der Waals surface area (Å²) in [5.41, 5.74) is -0.0449. The minimum absolute atomic E-state index is 0.105. The Bertz CT molecular complexity index is 886. The molecule has 1 fully saturated rings. The number of benzene rings is 1. The fraction of sp³-hybridized carbons (Fsp3) is 0.312. The van der Waals surface area contributed by atoms with Crippen LogP contribution in [0.1, 0.15) is 16.1 Å². The Morgan fingerprint density at radius 2 is 2.08 bits per heavy atom. The summed E-state index contributed by atoms with van der Waals surface area (Å²) in [4.78, 5) is 36.2. The van der Waals surface area contributed by atoms with Crippen LogP contribution in [0.15, 0.2) is 33.5 Å². The topological polar surface area (TPSA) is 120 Å². The van der Waals surface area contributed by atoms with Gasteiger partial charge in [-0.2, -0.15) is 0 Å². The normalized spacial score (nSPS) is 20.0. The van der Waals surface area contributed by atoms with Crippen LogP contribution in [0, 0.1) is 0 Å². The van der Waals surface area contributed by atoms with Crippen molar-refractivity contribution in [1.82, 2.24) is 10.2 Å². The van der Waals surface area contributed by atoms with Crippen LogP contribution in [0.5, 0.6) is 0 Å². The number of aliphatic hydroxyl groups is 1. The lowest BCUT2D eigenvalue weighted by molar-refractivity contribution is 0.0764. The van der Waals surface area contributed by atoms with Crippen molar-refractivity contribution < 1.29 is 28.6 Å². The van der Waals surface area contributed by atoms with E-state index < -0.39 is 29.7 Å². The first-order valence-electron chi connectivity index (χ1n) is 7.50. The molecule has 9 heteroatoms. The molecule has 3 rings (SSSR count). The van der Waals surface area contributed by atoms with E-state index >= 15 is 0 Å². The van der Waals surface area contributed by atoms with Crippen LogP contribution in [-0.4, -0.2) is 52.5 Å². The van der Waals surface area contributed by atoms with Gasteiger partial charge in [0.05, 0.1) is 18.5 Å². The second kappa shape index (κ2) is 6.52. The van der Waals surface area contributed by atoms with Crippen LogP contribution in [0.4, 0.5) is 9.18 Å². The highest BCUT2D eigenvalue weighted by molar-refractivity contribution is 5.97. The van der Waals surface area contributed by atoms with E-state index in [4.69, 9.17) is 9.52 Å². The maximum atomic E-state index is 13.4. The molecular formula is C16H15FN2O6. The first-order chi connectivity index (χ1) is 11.8. The maximum absolute atomic E-state index is 13.4. The lowest BCUT2D eigenvalue weighted by Gasteiger charge is -2.15. The molecule has 8 nitrogen and oxygen atoms in total. The molecule has 1 aliphatic rings. The van der Waals surface area contributed by atoms with E-state index in [9.17, 15) is 23.9 Å². The largest absolute Gasteiger partial charge is 0.465 e. The fourth-order valence-corrected chi connectivity index (χ4v) is 2.68. The second-order valence-electron chi connectivity index (χ2n) is 5.74. The van der Waals surface area contributed by atoms with Crippen molar-refractivity contribution in [3.8, 4) is 0 Å². The molecule has 0 unspecified atom stereocenters. The standard InChI is InChI=1S/C16H15FN2O6/c17-11-6-19(7-13(11)21)15(22)8-1-2-14-10(3-8)12(20)4-9(25-14)5-18-16(23)24/h1-4,11,13,18,21H,5-7H2,(H,23,24)/t11-,13-/m0/s1. The van der Waals surface area contributed by atoms with Gasteiger partial charge in [-0.1, -0.05) is 0 Å². The number of hydrogen-bond donors (Lipinski definition) is 3. The van der Waals surface area contributed by atoms with Gasteiger partial charge in [0.25, 0.3) is 5.91 Å². The predicted molar refractivity (Wildman–Crippen MR) is 84.2 cm³/mol. The summed E-state index contributed by atoms with van der Waals surface area (Å²) >= 11 is 0. The number of nitrogens with one attached hydrogen (secondary N) is 1. The van der Waals surface area contributed by atoms with Crippen molar-refractivity contribution >= 4 is 23.0 Å². The van der Waals surface area contributed by atoms with Crippen molar-refractivity contribution in [2.75, 3.05) is 13.1 Å². The number of aliphatic hydroxyl groups excluding tert-OH is 1. The molecule has 2 atom stereocenters. The lowest BCUT2D eigenvalue weighted by Crippen LogP contribution is -2.29. The molecule has 2 amide bonds. The molecule has 0 bridgehead atoms. The molecule has 1 aliphatic heterocycles. The third kappa shape index (κ3) is 3.45. The van der Waals surface area contributed by atoms with Gasteiger partial charge in [-0.25, -0.2) is 9.18 Å². The molecule has 0 saturated carbocycles. The van der Waals surface area contributed by atoms with E-state index in [1.54, 1.807) is 0 Å². The van der Waals surface area contributed by atoms with Crippen LogP contribution < -0.4 is 10.7 Å². The molecule has 25 heavy (non-hydrogen) atoms. The number of carbonyl (C=O) groups is 2. The number of halogens is 1. The molecule has 3 N–H and O–H groups in total. The Kier molecular flexibility index (Phi) is 4.41. The van der Waals surface area contributed by atoms with E-state index in [1.807, 2.05) is 0 Å². The molecule has 2 aromatic rings. The van der Waals surface area contributed by atoms with Crippen molar-refractivity contribution in [3.05, 3.63) is 45.8 Å². The third-order valence-electron chi connectivity index (χ3n) is 3.95. The Balaban J connectivity index is 1.88. The van der Waals surface area contributed by atoms with Gasteiger partial charge in [0.1, 0.15) is 23.6 Å². The number of amides is 2. The summed E-state index contributed by atoms with van der Waals surface area (Å²) in [6.45, 7) is -0.469. The Morgan fingerprint density at radius 3 is 2.72 bits per heavy atom. The van der Waals surface area contributed by atoms with Gasteiger partial charge in [-0.05, 0) is 18.2 Å². The summed E-state index contributed by atoms with van der Waals surface area (Å²) in [5.74, 6) is -0.348. The molecule has 0 aliphatic carbocycles. The number of carboxylic acid groups (broad SMARTS) is 1. The summed E-state index contributed by atoms with van der Waals surface area (Å²) < 4.78 is 18.8. The van der Waals surface area contributed by atoms with E-state index in [2.05, 4.69) is 5.32 Å². The van der Waals surface area contributed by atoms with E-state index in [0.29, 0.717) is 0 Å². The van der Waals surface area contributed by atoms with Gasteiger partial charge in [0, 0.05) is 18.2 Å². The van der Waals surface area contributed by atoms with Crippen LogP contribution in [-0.2, 0) is 6.54 Å². The quantitative estimate of drug-likeness (QED) is 0.750. The summed E-state index contributed by atoms with van der Waals surface area (Å²) in [7, 11) is 0. The Labute approximate surface area is 140 Å². The number of rotatable bonds is 3. The van der Waals surface area contributed by atoms with E-state index in [-0.39, 0.29) is 41.9 Å². The molecule has 1 aromatic heterocycles. The SMILES string of the molecule is O=C(O)NCc1cc(=O)c2cc(C(=O)N3C[C@H](O)[C@@H](F)C3)ccc2o1. The monoisotopic (exact) mass is 350 g/mol. The van der Waals surface area contributed by atoms with Gasteiger partial charge < -0.3 is 24.8 Å².